The Bertz CT molecular complexity index is 567. The van der Waals surface area contributed by atoms with Gasteiger partial charge >= 0.3 is 0 Å². The Morgan fingerprint density at radius 2 is 1.70 bits per heavy atom. The summed E-state index contributed by atoms with van der Waals surface area (Å²) in [6.45, 7) is 0. The van der Waals surface area contributed by atoms with E-state index in [9.17, 15) is 0 Å². The highest BCUT2D eigenvalue weighted by Crippen LogP contribution is 2.23. The van der Waals surface area contributed by atoms with Crippen LogP contribution in [0.25, 0.3) is 6.08 Å². The molecule has 0 saturated carbocycles. The molecule has 0 heterocycles. The summed E-state index contributed by atoms with van der Waals surface area (Å²) in [5, 5.41) is 1.16. The maximum absolute atomic E-state index is 5.97. The zero-order chi connectivity index (χ0) is 13.7. The van der Waals surface area contributed by atoms with Gasteiger partial charge in [0.1, 0.15) is 6.04 Å². The Hall–Kier alpha value is -0.990. The van der Waals surface area contributed by atoms with Gasteiger partial charge in [-0.05, 0) is 17.7 Å². The SMILES string of the molecule is [Cl-].[NH3+][C@H](C/C=C/c1ccc(Cl)c(Cl)c1)c1ccccc1. The molecule has 106 valence electrons. The first-order valence-corrected chi connectivity index (χ1v) is 6.92. The number of hydrogen-bond acceptors (Lipinski definition) is 0. The summed E-state index contributed by atoms with van der Waals surface area (Å²) in [4.78, 5) is 0. The predicted molar refractivity (Wildman–Crippen MR) is 82.2 cm³/mol. The van der Waals surface area contributed by atoms with Crippen LogP contribution in [0, 0.1) is 0 Å². The fraction of sp³-hybridized carbons (Fsp3) is 0.125. The lowest BCUT2D eigenvalue weighted by Crippen LogP contribution is -3.00. The molecule has 0 aromatic heterocycles. The predicted octanol–water partition coefficient (Wildman–Crippen LogP) is 1.38. The quantitative estimate of drug-likeness (QED) is 0.878. The first kappa shape index (κ1) is 17.1. The zero-order valence-corrected chi connectivity index (χ0v) is 13.2. The molecule has 1 atom stereocenters. The average molecular weight is 329 g/mol. The van der Waals surface area contributed by atoms with Crippen LogP contribution in [0.1, 0.15) is 23.6 Å². The van der Waals surface area contributed by atoms with Gasteiger partial charge in [0.15, 0.2) is 0 Å². The lowest BCUT2D eigenvalue weighted by Gasteiger charge is -2.05. The summed E-state index contributed by atoms with van der Waals surface area (Å²) in [5.74, 6) is 0. The highest BCUT2D eigenvalue weighted by atomic mass is 35.5. The zero-order valence-electron chi connectivity index (χ0n) is 10.9. The monoisotopic (exact) mass is 327 g/mol. The fourth-order valence-electron chi connectivity index (χ4n) is 1.85. The van der Waals surface area contributed by atoms with Crippen molar-refractivity contribution < 1.29 is 18.1 Å². The third-order valence-corrected chi connectivity index (χ3v) is 3.68. The summed E-state index contributed by atoms with van der Waals surface area (Å²) >= 11 is 11.9. The summed E-state index contributed by atoms with van der Waals surface area (Å²) in [6, 6.07) is 16.2. The van der Waals surface area contributed by atoms with Crippen molar-refractivity contribution in [1.29, 1.82) is 0 Å². The van der Waals surface area contributed by atoms with Crippen LogP contribution < -0.4 is 18.1 Å². The van der Waals surface area contributed by atoms with Crippen molar-refractivity contribution in [2.24, 2.45) is 0 Å². The van der Waals surface area contributed by atoms with Crippen molar-refractivity contribution >= 4 is 29.3 Å². The van der Waals surface area contributed by atoms with E-state index in [0.717, 1.165) is 12.0 Å². The molecule has 0 amide bonds. The van der Waals surface area contributed by atoms with Crippen molar-refractivity contribution in [1.82, 2.24) is 0 Å². The van der Waals surface area contributed by atoms with Crippen LogP contribution in [-0.2, 0) is 0 Å². The summed E-state index contributed by atoms with van der Waals surface area (Å²) in [6.07, 6.45) is 5.05. The van der Waals surface area contributed by atoms with E-state index in [-0.39, 0.29) is 18.4 Å². The van der Waals surface area contributed by atoms with Gasteiger partial charge in [-0.3, -0.25) is 0 Å². The average Bonchev–Trinajstić information content (AvgIpc) is 2.43. The Morgan fingerprint density at radius 1 is 1.00 bits per heavy atom. The van der Waals surface area contributed by atoms with Crippen molar-refractivity contribution in [2.45, 2.75) is 12.5 Å². The van der Waals surface area contributed by atoms with E-state index in [1.165, 1.54) is 5.56 Å². The van der Waals surface area contributed by atoms with E-state index in [4.69, 9.17) is 23.2 Å². The summed E-state index contributed by atoms with van der Waals surface area (Å²) in [7, 11) is 0. The number of benzene rings is 2. The van der Waals surface area contributed by atoms with Gasteiger partial charge < -0.3 is 18.1 Å². The minimum absolute atomic E-state index is 0. The number of halogens is 3. The highest BCUT2D eigenvalue weighted by molar-refractivity contribution is 6.42. The van der Waals surface area contributed by atoms with Crippen LogP contribution in [0.4, 0.5) is 0 Å². The molecular formula is C16H16Cl3N. The van der Waals surface area contributed by atoms with Crippen LogP contribution in [-0.4, -0.2) is 0 Å². The molecule has 0 spiro atoms. The molecule has 20 heavy (non-hydrogen) atoms. The Balaban J connectivity index is 0.00000200. The van der Waals surface area contributed by atoms with Crippen LogP contribution in [0.3, 0.4) is 0 Å². The normalized spacial score (nSPS) is 12.2. The second-order valence-corrected chi connectivity index (χ2v) is 5.23. The van der Waals surface area contributed by atoms with Gasteiger partial charge in [-0.15, -0.1) is 0 Å². The molecule has 0 aliphatic heterocycles. The van der Waals surface area contributed by atoms with Crippen molar-refractivity contribution in [3.05, 3.63) is 75.8 Å². The summed E-state index contributed by atoms with van der Waals surface area (Å²) < 4.78 is 0. The molecule has 1 nitrogen and oxygen atoms in total. The number of quaternary nitrogens is 1. The molecule has 2 aromatic rings. The lowest BCUT2D eigenvalue weighted by atomic mass is 10.0. The van der Waals surface area contributed by atoms with Crippen LogP contribution in [0.2, 0.25) is 10.0 Å². The van der Waals surface area contributed by atoms with Crippen LogP contribution >= 0.6 is 23.2 Å². The number of hydrogen-bond donors (Lipinski definition) is 1. The molecule has 0 fully saturated rings. The second-order valence-electron chi connectivity index (χ2n) is 4.42. The molecule has 0 bridgehead atoms. The standard InChI is InChI=1S/C16H15Cl2N.ClH/c17-14-10-9-12(11-15(14)18)5-4-8-16(19)13-6-2-1-3-7-13;/h1-7,9-11,16H,8,19H2;1H/b5-4+;/t16-;/m1./s1. The smallest absolute Gasteiger partial charge is 0.113 e. The maximum Gasteiger partial charge on any atom is 0.113 e. The van der Waals surface area contributed by atoms with Gasteiger partial charge in [0.2, 0.25) is 0 Å². The molecule has 4 heteroatoms. The first-order valence-electron chi connectivity index (χ1n) is 6.16. The van der Waals surface area contributed by atoms with Gasteiger partial charge in [0.25, 0.3) is 0 Å². The first-order chi connectivity index (χ1) is 9.16. The minimum atomic E-state index is 0. The van der Waals surface area contributed by atoms with Gasteiger partial charge in [-0.2, -0.15) is 0 Å². The van der Waals surface area contributed by atoms with E-state index in [0.29, 0.717) is 10.0 Å². The molecule has 2 aromatic carbocycles. The molecule has 0 unspecified atom stereocenters. The lowest BCUT2D eigenvalue weighted by molar-refractivity contribution is -0.425. The van der Waals surface area contributed by atoms with Crippen LogP contribution in [0.15, 0.2) is 54.6 Å². The van der Waals surface area contributed by atoms with E-state index in [1.54, 1.807) is 0 Å². The molecule has 3 N–H and O–H groups in total. The largest absolute Gasteiger partial charge is 1.00 e. The Labute approximate surface area is 135 Å². The number of rotatable bonds is 4. The van der Waals surface area contributed by atoms with E-state index >= 15 is 0 Å². The van der Waals surface area contributed by atoms with E-state index in [1.807, 2.05) is 42.5 Å². The topological polar surface area (TPSA) is 27.6 Å². The van der Waals surface area contributed by atoms with Gasteiger partial charge in [0, 0.05) is 12.0 Å². The maximum atomic E-state index is 5.97. The van der Waals surface area contributed by atoms with Crippen LogP contribution in [0.5, 0.6) is 0 Å². The third kappa shape index (κ3) is 4.84. The third-order valence-electron chi connectivity index (χ3n) is 2.95. The second kappa shape index (κ2) is 8.33. The fourth-order valence-corrected chi connectivity index (χ4v) is 2.15. The van der Waals surface area contributed by atoms with E-state index in [2.05, 4.69) is 23.9 Å². The highest BCUT2D eigenvalue weighted by Gasteiger charge is 2.05. The van der Waals surface area contributed by atoms with Crippen molar-refractivity contribution in [3.8, 4) is 0 Å². The van der Waals surface area contributed by atoms with E-state index < -0.39 is 0 Å². The van der Waals surface area contributed by atoms with Crippen molar-refractivity contribution in [3.63, 3.8) is 0 Å². The summed E-state index contributed by atoms with van der Waals surface area (Å²) in [5.41, 5.74) is 6.47. The Morgan fingerprint density at radius 3 is 2.35 bits per heavy atom. The molecular weight excluding hydrogens is 313 g/mol. The molecule has 2 rings (SSSR count). The molecule has 0 aliphatic rings. The molecule has 0 aliphatic carbocycles. The Kier molecular flexibility index (Phi) is 7.11. The van der Waals surface area contributed by atoms with Gasteiger partial charge in [0.05, 0.1) is 10.0 Å². The van der Waals surface area contributed by atoms with Gasteiger partial charge in [-0.25, -0.2) is 0 Å². The van der Waals surface area contributed by atoms with Crippen molar-refractivity contribution in [2.75, 3.05) is 0 Å². The molecule has 0 radical (unpaired) electrons. The van der Waals surface area contributed by atoms with Gasteiger partial charge in [-0.1, -0.05) is 71.8 Å². The minimum Gasteiger partial charge on any atom is -1.00 e. The molecule has 0 saturated heterocycles.